The Bertz CT molecular complexity index is 1060. The van der Waals surface area contributed by atoms with E-state index in [9.17, 15) is 5.11 Å². The van der Waals surface area contributed by atoms with Crippen LogP contribution in [-0.4, -0.2) is 22.9 Å². The molecule has 26 heavy (non-hydrogen) atoms. The van der Waals surface area contributed by atoms with Gasteiger partial charge in [0.1, 0.15) is 29.9 Å². The molecular weight excluding hydrogens is 326 g/mol. The Balaban J connectivity index is 1.55. The molecule has 0 bridgehead atoms. The van der Waals surface area contributed by atoms with Crippen molar-refractivity contribution >= 4 is 27.8 Å². The van der Waals surface area contributed by atoms with Crippen molar-refractivity contribution in [3.8, 4) is 5.75 Å². The molecular formula is C21H22N3O2+. The molecule has 0 aliphatic heterocycles. The second-order valence-electron chi connectivity index (χ2n) is 6.23. The fourth-order valence-corrected chi connectivity index (χ4v) is 3.40. The first-order chi connectivity index (χ1) is 12.8. The number of nitrogen functional groups attached to an aromatic ring is 1. The van der Waals surface area contributed by atoms with Gasteiger partial charge in [-0.3, -0.25) is 5.73 Å². The van der Waals surface area contributed by atoms with Crippen molar-refractivity contribution in [2.24, 2.45) is 0 Å². The lowest BCUT2D eigenvalue weighted by Crippen LogP contribution is -2.38. The molecule has 0 fully saturated rings. The van der Waals surface area contributed by atoms with Crippen molar-refractivity contribution in [2.75, 3.05) is 18.9 Å². The highest BCUT2D eigenvalue weighted by Crippen LogP contribution is 2.21. The molecule has 0 saturated heterocycles. The van der Waals surface area contributed by atoms with Crippen LogP contribution in [0.1, 0.15) is 0 Å². The van der Waals surface area contributed by atoms with Crippen molar-refractivity contribution in [1.82, 2.24) is 4.57 Å². The largest absolute Gasteiger partial charge is 0.490 e. The third kappa shape index (κ3) is 2.97. The molecule has 0 saturated carbocycles. The molecule has 132 valence electrons. The molecule has 0 aliphatic rings. The third-order valence-electron chi connectivity index (χ3n) is 4.64. The van der Waals surface area contributed by atoms with E-state index in [4.69, 9.17) is 10.5 Å². The van der Waals surface area contributed by atoms with Crippen LogP contribution in [-0.2, 0) is 13.1 Å². The van der Waals surface area contributed by atoms with E-state index in [-0.39, 0.29) is 6.61 Å². The molecule has 1 aromatic heterocycles. The van der Waals surface area contributed by atoms with Gasteiger partial charge < -0.3 is 9.84 Å². The Kier molecular flexibility index (Phi) is 4.46. The SMILES string of the molecule is Nc1n(CCOc2ccc3ccccc3c2)c2ccccc2[n+]1CCO. The molecule has 0 amide bonds. The lowest BCUT2D eigenvalue weighted by atomic mass is 10.1. The van der Waals surface area contributed by atoms with E-state index in [0.29, 0.717) is 25.6 Å². The van der Waals surface area contributed by atoms with Crippen LogP contribution < -0.4 is 15.0 Å². The minimum Gasteiger partial charge on any atom is -0.490 e. The standard InChI is InChI=1S/C21H21N3O2/c22-21-23(11-13-25)19-7-3-4-8-20(19)24(21)12-14-26-18-10-9-16-5-1-2-6-17(16)15-18/h1-10,15,22,25H,11-14H2/p+1. The number of nitrogens with zero attached hydrogens (tertiary/aromatic N) is 2. The number of aromatic nitrogens is 2. The van der Waals surface area contributed by atoms with E-state index in [1.807, 2.05) is 51.6 Å². The molecule has 0 radical (unpaired) electrons. The van der Waals surface area contributed by atoms with Gasteiger partial charge in [0.05, 0.1) is 13.2 Å². The molecule has 5 nitrogen and oxygen atoms in total. The molecule has 0 spiro atoms. The quantitative estimate of drug-likeness (QED) is 0.527. The van der Waals surface area contributed by atoms with Gasteiger partial charge in [0.15, 0.2) is 0 Å². The first-order valence-corrected chi connectivity index (χ1v) is 8.77. The minimum absolute atomic E-state index is 0.0520. The van der Waals surface area contributed by atoms with Crippen molar-refractivity contribution < 1.29 is 14.4 Å². The zero-order valence-corrected chi connectivity index (χ0v) is 14.5. The average Bonchev–Trinajstić information content (AvgIpc) is 2.94. The number of hydrogen-bond acceptors (Lipinski definition) is 3. The zero-order chi connectivity index (χ0) is 17.9. The van der Waals surface area contributed by atoms with Crippen LogP contribution in [0.15, 0.2) is 66.7 Å². The summed E-state index contributed by atoms with van der Waals surface area (Å²) in [5.41, 5.74) is 8.38. The van der Waals surface area contributed by atoms with Gasteiger partial charge in [0.2, 0.25) is 0 Å². The second kappa shape index (κ2) is 7.06. The predicted molar refractivity (Wildman–Crippen MR) is 103 cm³/mol. The molecule has 0 atom stereocenters. The van der Waals surface area contributed by atoms with E-state index in [1.165, 1.54) is 5.39 Å². The summed E-state index contributed by atoms with van der Waals surface area (Å²) in [7, 11) is 0. The second-order valence-corrected chi connectivity index (χ2v) is 6.23. The smallest absolute Gasteiger partial charge is 0.356 e. The first-order valence-electron chi connectivity index (χ1n) is 8.77. The number of ether oxygens (including phenoxy) is 1. The van der Waals surface area contributed by atoms with E-state index in [1.54, 1.807) is 0 Å². The summed E-state index contributed by atoms with van der Waals surface area (Å²) in [5, 5.41) is 11.7. The number of para-hydroxylation sites is 2. The first kappa shape index (κ1) is 16.4. The fraction of sp³-hybridized carbons (Fsp3) is 0.190. The van der Waals surface area contributed by atoms with Gasteiger partial charge in [0.25, 0.3) is 0 Å². The highest BCUT2D eigenvalue weighted by Gasteiger charge is 2.20. The maximum Gasteiger partial charge on any atom is 0.356 e. The Hall–Kier alpha value is -3.05. The van der Waals surface area contributed by atoms with Crippen LogP contribution in [0.4, 0.5) is 5.95 Å². The van der Waals surface area contributed by atoms with E-state index < -0.39 is 0 Å². The van der Waals surface area contributed by atoms with Gasteiger partial charge in [-0.1, -0.05) is 42.5 Å². The number of benzene rings is 3. The number of hydrogen-bond donors (Lipinski definition) is 2. The van der Waals surface area contributed by atoms with Crippen LogP contribution in [0, 0.1) is 0 Å². The topological polar surface area (TPSA) is 64.3 Å². The molecule has 4 aromatic rings. The number of rotatable bonds is 6. The molecule has 5 heteroatoms. The van der Waals surface area contributed by atoms with Crippen LogP contribution in [0.25, 0.3) is 21.8 Å². The minimum atomic E-state index is 0.0520. The van der Waals surface area contributed by atoms with E-state index in [2.05, 4.69) is 24.3 Å². The number of aliphatic hydroxyl groups excluding tert-OH is 1. The molecule has 3 N–H and O–H groups in total. The van der Waals surface area contributed by atoms with Gasteiger partial charge in [0, 0.05) is 0 Å². The molecule has 3 aromatic carbocycles. The summed E-state index contributed by atoms with van der Waals surface area (Å²) in [6.07, 6.45) is 0. The Morgan fingerprint density at radius 2 is 1.73 bits per heavy atom. The summed E-state index contributed by atoms with van der Waals surface area (Å²) < 4.78 is 9.93. The maximum atomic E-state index is 9.31. The highest BCUT2D eigenvalue weighted by atomic mass is 16.5. The van der Waals surface area contributed by atoms with Crippen LogP contribution in [0.2, 0.25) is 0 Å². The van der Waals surface area contributed by atoms with Crippen LogP contribution in [0.3, 0.4) is 0 Å². The van der Waals surface area contributed by atoms with Crippen molar-refractivity contribution in [1.29, 1.82) is 0 Å². The predicted octanol–water partition coefficient (Wildman–Crippen LogP) is 2.74. The highest BCUT2D eigenvalue weighted by molar-refractivity contribution is 5.83. The van der Waals surface area contributed by atoms with Gasteiger partial charge in [-0.05, 0) is 35.0 Å². The number of aliphatic hydroxyl groups is 1. The monoisotopic (exact) mass is 348 g/mol. The van der Waals surface area contributed by atoms with Gasteiger partial charge in [-0.2, -0.15) is 0 Å². The Labute approximate surface area is 151 Å². The molecule has 0 unspecified atom stereocenters. The summed E-state index contributed by atoms with van der Waals surface area (Å²) in [6.45, 7) is 1.68. The number of imidazole rings is 1. The van der Waals surface area contributed by atoms with Crippen molar-refractivity contribution in [2.45, 2.75) is 13.1 Å². The Morgan fingerprint density at radius 1 is 0.962 bits per heavy atom. The normalized spacial score (nSPS) is 11.3. The maximum absolute atomic E-state index is 9.31. The number of nitrogens with two attached hydrogens (primary N) is 1. The van der Waals surface area contributed by atoms with Crippen LogP contribution in [0.5, 0.6) is 5.75 Å². The summed E-state index contributed by atoms with van der Waals surface area (Å²) >= 11 is 0. The fourth-order valence-electron chi connectivity index (χ4n) is 3.40. The van der Waals surface area contributed by atoms with Gasteiger partial charge >= 0.3 is 5.95 Å². The summed E-state index contributed by atoms with van der Waals surface area (Å²) in [5.74, 6) is 1.48. The zero-order valence-electron chi connectivity index (χ0n) is 14.5. The van der Waals surface area contributed by atoms with Gasteiger partial charge in [-0.15, -0.1) is 0 Å². The molecule has 0 aliphatic carbocycles. The van der Waals surface area contributed by atoms with Crippen LogP contribution >= 0.6 is 0 Å². The third-order valence-corrected chi connectivity index (χ3v) is 4.64. The molecule has 4 rings (SSSR count). The Morgan fingerprint density at radius 3 is 2.58 bits per heavy atom. The van der Waals surface area contributed by atoms with Gasteiger partial charge in [-0.25, -0.2) is 9.13 Å². The van der Waals surface area contributed by atoms with Crippen molar-refractivity contribution in [3.05, 3.63) is 66.7 Å². The number of anilines is 1. The lowest BCUT2D eigenvalue weighted by molar-refractivity contribution is -0.658. The van der Waals surface area contributed by atoms with Crippen molar-refractivity contribution in [3.63, 3.8) is 0 Å². The summed E-state index contributed by atoms with van der Waals surface area (Å²) in [6, 6.07) is 22.4. The molecule has 1 heterocycles. The van der Waals surface area contributed by atoms with E-state index in [0.717, 1.165) is 22.2 Å². The average molecular weight is 348 g/mol. The lowest BCUT2D eigenvalue weighted by Gasteiger charge is -2.07. The number of fused-ring (bicyclic) bond motifs is 2. The summed E-state index contributed by atoms with van der Waals surface area (Å²) in [4.78, 5) is 0. The van der Waals surface area contributed by atoms with E-state index >= 15 is 0 Å².